The molecule has 0 spiro atoms. The highest BCUT2D eigenvalue weighted by Crippen LogP contribution is 2.35. The Labute approximate surface area is 180 Å². The summed E-state index contributed by atoms with van der Waals surface area (Å²) in [6.07, 6.45) is 0. The van der Waals surface area contributed by atoms with Crippen molar-refractivity contribution < 1.29 is 27.5 Å². The molecule has 1 heterocycles. The quantitative estimate of drug-likeness (QED) is 0.734. The molecule has 0 saturated heterocycles. The number of benzene rings is 2. The van der Waals surface area contributed by atoms with E-state index in [-0.39, 0.29) is 22.5 Å². The number of sulfonamides is 1. The lowest BCUT2D eigenvalue weighted by atomic mass is 9.92. The summed E-state index contributed by atoms with van der Waals surface area (Å²) in [5.41, 5.74) is 0.368. The number of nitrogens with one attached hydrogen (secondary N) is 1. The van der Waals surface area contributed by atoms with Gasteiger partial charge in [-0.05, 0) is 26.0 Å². The Bertz CT molecular complexity index is 1200. The van der Waals surface area contributed by atoms with Gasteiger partial charge in [0.05, 0.1) is 5.69 Å². The minimum atomic E-state index is -4.38. The van der Waals surface area contributed by atoms with Crippen LogP contribution >= 0.6 is 0 Å². The minimum absolute atomic E-state index is 0.0750. The number of ketones is 2. The summed E-state index contributed by atoms with van der Waals surface area (Å²) in [6.45, 7) is 5.10. The lowest BCUT2D eigenvalue weighted by molar-refractivity contribution is 0.0949. The largest absolute Gasteiger partial charge is 0.486 e. The summed E-state index contributed by atoms with van der Waals surface area (Å²) in [7, 11) is -4.38. The number of Topliss-reactive ketones (excluding diaryl/α,β-unsaturated/α-hetero) is 2. The molecule has 8 nitrogen and oxygen atoms in total. The SMILES string of the molecule is CCN(CC)C1=C(S(=O)(=O)Nc2ccc3c(c2)OCCO3)C(=O)c2ccccc2C1=O. The molecule has 1 aliphatic heterocycles. The van der Waals surface area contributed by atoms with Gasteiger partial charge in [0.2, 0.25) is 11.6 Å². The standard InChI is InChI=1S/C22H22N2O6S/c1-3-24(4-2)19-20(25)15-7-5-6-8-16(15)21(26)22(19)31(27,28)23-14-9-10-17-18(13-14)30-12-11-29-17/h5-10,13,23H,3-4,11-12H2,1-2H3. The smallest absolute Gasteiger partial charge is 0.268 e. The molecule has 0 bridgehead atoms. The Morgan fingerprint density at radius 3 is 2.16 bits per heavy atom. The fourth-order valence-corrected chi connectivity index (χ4v) is 5.10. The summed E-state index contributed by atoms with van der Waals surface area (Å²) >= 11 is 0. The first kappa shape index (κ1) is 20.9. The highest BCUT2D eigenvalue weighted by atomic mass is 32.2. The maximum atomic E-state index is 13.4. The lowest BCUT2D eigenvalue weighted by Gasteiger charge is -2.29. The van der Waals surface area contributed by atoms with E-state index < -0.39 is 26.5 Å². The van der Waals surface area contributed by atoms with E-state index >= 15 is 0 Å². The Balaban J connectivity index is 1.82. The van der Waals surface area contributed by atoms with Gasteiger partial charge in [-0.15, -0.1) is 0 Å². The first-order valence-corrected chi connectivity index (χ1v) is 11.5. The Morgan fingerprint density at radius 2 is 1.52 bits per heavy atom. The van der Waals surface area contributed by atoms with Crippen LogP contribution in [0.3, 0.4) is 0 Å². The van der Waals surface area contributed by atoms with Crippen molar-refractivity contribution >= 4 is 27.3 Å². The van der Waals surface area contributed by atoms with E-state index in [1.54, 1.807) is 36.9 Å². The van der Waals surface area contributed by atoms with Gasteiger partial charge in [0.1, 0.15) is 18.9 Å². The molecule has 0 fully saturated rings. The molecule has 1 aliphatic carbocycles. The van der Waals surface area contributed by atoms with Crippen molar-refractivity contribution in [2.45, 2.75) is 13.8 Å². The monoisotopic (exact) mass is 442 g/mol. The molecule has 2 aromatic carbocycles. The second kappa shape index (κ2) is 8.07. The van der Waals surface area contributed by atoms with Crippen molar-refractivity contribution in [1.82, 2.24) is 4.90 Å². The average Bonchev–Trinajstić information content (AvgIpc) is 2.77. The maximum absolute atomic E-state index is 13.4. The van der Waals surface area contributed by atoms with Crippen molar-refractivity contribution in [3.63, 3.8) is 0 Å². The second-order valence-corrected chi connectivity index (χ2v) is 8.64. The van der Waals surface area contributed by atoms with Gasteiger partial charge >= 0.3 is 0 Å². The molecule has 0 saturated carbocycles. The molecule has 4 rings (SSSR count). The molecule has 1 N–H and O–H groups in total. The zero-order valence-corrected chi connectivity index (χ0v) is 18.0. The van der Waals surface area contributed by atoms with Gasteiger partial charge in [-0.2, -0.15) is 0 Å². The highest BCUT2D eigenvalue weighted by Gasteiger charge is 2.41. The normalized spacial score (nSPS) is 15.5. The van der Waals surface area contributed by atoms with Crippen LogP contribution in [-0.4, -0.2) is 51.2 Å². The summed E-state index contributed by atoms with van der Waals surface area (Å²) in [5, 5.41) is 0. The fraction of sp³-hybridized carbons (Fsp3) is 0.273. The number of anilines is 1. The number of allylic oxidation sites excluding steroid dienone is 2. The van der Waals surface area contributed by atoms with Crippen LogP contribution in [0.2, 0.25) is 0 Å². The van der Waals surface area contributed by atoms with Crippen molar-refractivity contribution in [2.24, 2.45) is 0 Å². The van der Waals surface area contributed by atoms with Crippen LogP contribution in [0.4, 0.5) is 5.69 Å². The number of ether oxygens (including phenoxy) is 2. The van der Waals surface area contributed by atoms with Crippen molar-refractivity contribution in [3.8, 4) is 11.5 Å². The molecular weight excluding hydrogens is 420 g/mol. The van der Waals surface area contributed by atoms with E-state index in [2.05, 4.69) is 4.72 Å². The molecule has 0 unspecified atom stereocenters. The Kier molecular flexibility index (Phi) is 5.45. The molecule has 2 aliphatic rings. The highest BCUT2D eigenvalue weighted by molar-refractivity contribution is 7.97. The molecule has 0 aromatic heterocycles. The minimum Gasteiger partial charge on any atom is -0.486 e. The molecule has 0 atom stereocenters. The van der Waals surface area contributed by atoms with Crippen LogP contribution in [0, 0.1) is 0 Å². The lowest BCUT2D eigenvalue weighted by Crippen LogP contribution is -2.37. The molecule has 31 heavy (non-hydrogen) atoms. The number of hydrogen-bond donors (Lipinski definition) is 1. The van der Waals surface area contributed by atoms with Gasteiger partial charge in [0.15, 0.2) is 16.4 Å². The number of rotatable bonds is 6. The van der Waals surface area contributed by atoms with Gasteiger partial charge in [-0.3, -0.25) is 14.3 Å². The first-order valence-electron chi connectivity index (χ1n) is 9.97. The van der Waals surface area contributed by atoms with Crippen molar-refractivity contribution in [3.05, 3.63) is 64.2 Å². The van der Waals surface area contributed by atoms with E-state index in [1.807, 2.05) is 0 Å². The molecule has 0 radical (unpaired) electrons. The van der Waals surface area contributed by atoms with Gasteiger partial charge in [0, 0.05) is 30.3 Å². The van der Waals surface area contributed by atoms with Gasteiger partial charge < -0.3 is 14.4 Å². The van der Waals surface area contributed by atoms with Gasteiger partial charge in [-0.25, -0.2) is 8.42 Å². The van der Waals surface area contributed by atoms with Gasteiger partial charge in [-0.1, -0.05) is 24.3 Å². The third kappa shape index (κ3) is 3.65. The van der Waals surface area contributed by atoms with E-state index in [9.17, 15) is 18.0 Å². The van der Waals surface area contributed by atoms with E-state index in [4.69, 9.17) is 9.47 Å². The number of carbonyl (C=O) groups is 2. The van der Waals surface area contributed by atoms with E-state index in [1.165, 1.54) is 24.3 Å². The van der Waals surface area contributed by atoms with Crippen molar-refractivity contribution in [2.75, 3.05) is 31.0 Å². The Morgan fingerprint density at radius 1 is 0.903 bits per heavy atom. The molecule has 2 aromatic rings. The average molecular weight is 442 g/mol. The fourth-order valence-electron chi connectivity index (χ4n) is 3.73. The van der Waals surface area contributed by atoms with E-state index in [0.717, 1.165) is 0 Å². The number of fused-ring (bicyclic) bond motifs is 2. The van der Waals surface area contributed by atoms with E-state index in [0.29, 0.717) is 37.8 Å². The topological polar surface area (TPSA) is 102 Å². The number of carbonyl (C=O) groups excluding carboxylic acids is 2. The summed E-state index contributed by atoms with van der Waals surface area (Å²) in [5.74, 6) is -0.278. The number of nitrogens with zero attached hydrogens (tertiary/aromatic N) is 1. The van der Waals surface area contributed by atoms with Crippen LogP contribution < -0.4 is 14.2 Å². The third-order valence-corrected chi connectivity index (χ3v) is 6.62. The van der Waals surface area contributed by atoms with Gasteiger partial charge in [0.25, 0.3) is 10.0 Å². The zero-order valence-electron chi connectivity index (χ0n) is 17.2. The third-order valence-electron chi connectivity index (χ3n) is 5.20. The summed E-state index contributed by atoms with van der Waals surface area (Å²) in [6, 6.07) is 10.9. The molecule has 162 valence electrons. The van der Waals surface area contributed by atoms with Crippen molar-refractivity contribution in [1.29, 1.82) is 0 Å². The summed E-state index contributed by atoms with van der Waals surface area (Å²) < 4.78 is 40.2. The maximum Gasteiger partial charge on any atom is 0.268 e. The molecular formula is C22H22N2O6S. The number of likely N-dealkylation sites (N-methyl/N-ethyl adjacent to an activating group) is 1. The van der Waals surface area contributed by atoms with Crippen LogP contribution in [0.15, 0.2) is 53.1 Å². The summed E-state index contributed by atoms with van der Waals surface area (Å²) in [4.78, 5) is 27.6. The molecule has 9 heteroatoms. The van der Waals surface area contributed by atoms with Crippen LogP contribution in [0.25, 0.3) is 0 Å². The van der Waals surface area contributed by atoms with Crippen LogP contribution in [-0.2, 0) is 10.0 Å². The predicted molar refractivity (Wildman–Crippen MR) is 115 cm³/mol. The van der Waals surface area contributed by atoms with Crippen LogP contribution in [0.1, 0.15) is 34.6 Å². The first-order chi connectivity index (χ1) is 14.9. The number of hydrogen-bond acceptors (Lipinski definition) is 7. The molecule has 0 amide bonds. The van der Waals surface area contributed by atoms with Crippen LogP contribution in [0.5, 0.6) is 11.5 Å². The second-order valence-electron chi connectivity index (χ2n) is 7.02. The zero-order chi connectivity index (χ0) is 22.2. The predicted octanol–water partition coefficient (Wildman–Crippen LogP) is 2.83. The Hall–Kier alpha value is -3.33.